The molecule has 3 aromatic carbocycles. The molecule has 4 rings (SSSR count). The third kappa shape index (κ3) is 4.73. The van der Waals surface area contributed by atoms with Gasteiger partial charge in [-0.1, -0.05) is 41.6 Å². The van der Waals surface area contributed by atoms with Crippen molar-refractivity contribution in [1.82, 2.24) is 9.55 Å². The smallest absolute Gasteiger partial charge is 0.266 e. The summed E-state index contributed by atoms with van der Waals surface area (Å²) < 4.78 is 6.81. The molecule has 1 aromatic heterocycles. The summed E-state index contributed by atoms with van der Waals surface area (Å²) in [6.07, 6.45) is 0. The van der Waals surface area contributed by atoms with Crippen LogP contribution in [0.1, 0.15) is 0 Å². The van der Waals surface area contributed by atoms with Crippen LogP contribution in [0.3, 0.4) is 0 Å². The topological polar surface area (TPSA) is 73.2 Å². The van der Waals surface area contributed by atoms with Crippen LogP contribution in [0.15, 0.2) is 82.7 Å². The normalized spacial score (nSPS) is 10.8. The first-order valence-electron chi connectivity index (χ1n) is 9.39. The maximum atomic E-state index is 13.3. The molecule has 1 amide bonds. The van der Waals surface area contributed by atoms with Crippen molar-refractivity contribution in [1.29, 1.82) is 0 Å². The number of para-hydroxylation sites is 1. The first-order chi connectivity index (χ1) is 15.0. The molecule has 0 fully saturated rings. The second-order valence-electron chi connectivity index (χ2n) is 6.60. The van der Waals surface area contributed by atoms with Gasteiger partial charge in [0.15, 0.2) is 5.16 Å². The maximum Gasteiger partial charge on any atom is 0.266 e. The molecule has 0 radical (unpaired) electrons. The third-order valence-electron chi connectivity index (χ3n) is 4.52. The highest BCUT2D eigenvalue weighted by Crippen LogP contribution is 2.24. The lowest BCUT2D eigenvalue weighted by molar-refractivity contribution is -0.113. The minimum Gasteiger partial charge on any atom is -0.497 e. The van der Waals surface area contributed by atoms with Crippen LogP contribution in [-0.2, 0) is 4.79 Å². The minimum absolute atomic E-state index is 0.0807. The van der Waals surface area contributed by atoms with Crippen LogP contribution in [0.5, 0.6) is 5.75 Å². The Morgan fingerprint density at radius 3 is 2.65 bits per heavy atom. The summed E-state index contributed by atoms with van der Waals surface area (Å²) in [6, 6.07) is 21.2. The number of nitrogens with zero attached hydrogens (tertiary/aromatic N) is 2. The Labute approximate surface area is 187 Å². The van der Waals surface area contributed by atoms with Crippen LogP contribution in [0.25, 0.3) is 16.6 Å². The van der Waals surface area contributed by atoms with E-state index < -0.39 is 0 Å². The van der Waals surface area contributed by atoms with Gasteiger partial charge in [0.1, 0.15) is 5.75 Å². The minimum atomic E-state index is -0.216. The molecule has 6 nitrogen and oxygen atoms in total. The van der Waals surface area contributed by atoms with Gasteiger partial charge in [0.25, 0.3) is 5.56 Å². The highest BCUT2D eigenvalue weighted by molar-refractivity contribution is 7.99. The lowest BCUT2D eigenvalue weighted by Gasteiger charge is -2.14. The van der Waals surface area contributed by atoms with E-state index in [2.05, 4.69) is 10.3 Å². The Balaban J connectivity index is 1.68. The van der Waals surface area contributed by atoms with Crippen molar-refractivity contribution in [2.45, 2.75) is 5.16 Å². The number of rotatable bonds is 6. The molecular weight excluding hydrogens is 434 g/mol. The van der Waals surface area contributed by atoms with E-state index in [-0.39, 0.29) is 17.2 Å². The van der Waals surface area contributed by atoms with Crippen molar-refractivity contribution in [3.05, 3.63) is 88.2 Å². The first-order valence-corrected chi connectivity index (χ1v) is 10.8. The summed E-state index contributed by atoms with van der Waals surface area (Å²) in [5.74, 6) is 0.484. The zero-order chi connectivity index (χ0) is 21.8. The number of fused-ring (bicyclic) bond motifs is 1. The summed E-state index contributed by atoms with van der Waals surface area (Å²) in [7, 11) is 1.57. The molecule has 4 aromatic rings. The number of amides is 1. The lowest BCUT2D eigenvalue weighted by Crippen LogP contribution is -2.23. The van der Waals surface area contributed by atoms with Gasteiger partial charge < -0.3 is 10.1 Å². The summed E-state index contributed by atoms with van der Waals surface area (Å²) >= 11 is 7.07. The van der Waals surface area contributed by atoms with E-state index in [1.165, 1.54) is 16.3 Å². The highest BCUT2D eigenvalue weighted by atomic mass is 35.5. The number of carbonyl (C=O) groups excluding carboxylic acids is 1. The summed E-state index contributed by atoms with van der Waals surface area (Å²) in [6.45, 7) is 0. The molecule has 31 heavy (non-hydrogen) atoms. The monoisotopic (exact) mass is 451 g/mol. The zero-order valence-electron chi connectivity index (χ0n) is 16.5. The second kappa shape index (κ2) is 9.24. The van der Waals surface area contributed by atoms with Crippen LogP contribution in [0.4, 0.5) is 5.69 Å². The van der Waals surface area contributed by atoms with E-state index in [1.807, 2.05) is 6.07 Å². The van der Waals surface area contributed by atoms with Crippen molar-refractivity contribution < 1.29 is 9.53 Å². The standard InChI is InChI=1S/C23H18ClN3O3S/c1-30-18-6-4-5-17(13-18)27-22(29)19-7-2-3-8-20(19)26-23(27)31-14-21(28)25-16-11-9-15(24)10-12-16/h2-13H,14H2,1H3,(H,25,28). The molecular formula is C23H18ClN3O3S. The number of anilines is 1. The third-order valence-corrected chi connectivity index (χ3v) is 5.71. The molecule has 1 heterocycles. The van der Waals surface area contributed by atoms with Gasteiger partial charge in [0.05, 0.1) is 29.5 Å². The molecule has 0 atom stereocenters. The van der Waals surface area contributed by atoms with E-state index in [1.54, 1.807) is 73.8 Å². The summed E-state index contributed by atoms with van der Waals surface area (Å²) in [5, 5.41) is 4.33. The number of carbonyl (C=O) groups is 1. The van der Waals surface area contributed by atoms with Gasteiger partial charge in [-0.25, -0.2) is 4.98 Å². The van der Waals surface area contributed by atoms with Crippen LogP contribution < -0.4 is 15.6 Å². The number of ether oxygens (including phenoxy) is 1. The van der Waals surface area contributed by atoms with Crippen molar-refractivity contribution in [2.24, 2.45) is 0 Å². The van der Waals surface area contributed by atoms with Gasteiger partial charge in [0.2, 0.25) is 5.91 Å². The van der Waals surface area contributed by atoms with Crippen molar-refractivity contribution >= 4 is 45.9 Å². The van der Waals surface area contributed by atoms with Crippen LogP contribution >= 0.6 is 23.4 Å². The summed E-state index contributed by atoms with van der Waals surface area (Å²) in [5.41, 5.74) is 1.63. The predicted molar refractivity (Wildman–Crippen MR) is 125 cm³/mol. The Bertz CT molecular complexity index is 1310. The molecule has 156 valence electrons. The number of nitrogens with one attached hydrogen (secondary N) is 1. The van der Waals surface area contributed by atoms with Crippen LogP contribution in [-0.4, -0.2) is 28.3 Å². The Morgan fingerprint density at radius 2 is 1.87 bits per heavy atom. The number of hydrogen-bond donors (Lipinski definition) is 1. The summed E-state index contributed by atoms with van der Waals surface area (Å²) in [4.78, 5) is 30.4. The van der Waals surface area contributed by atoms with E-state index in [4.69, 9.17) is 16.3 Å². The average molecular weight is 452 g/mol. The predicted octanol–water partition coefficient (Wildman–Crippen LogP) is 4.78. The molecule has 0 saturated carbocycles. The molecule has 0 bridgehead atoms. The molecule has 0 aliphatic heterocycles. The van der Waals surface area contributed by atoms with Gasteiger partial charge >= 0.3 is 0 Å². The Hall–Kier alpha value is -3.29. The van der Waals surface area contributed by atoms with Gasteiger partial charge in [-0.05, 0) is 48.5 Å². The van der Waals surface area contributed by atoms with Crippen molar-refractivity contribution in [2.75, 3.05) is 18.2 Å². The number of hydrogen-bond acceptors (Lipinski definition) is 5. The van der Waals surface area contributed by atoms with Crippen molar-refractivity contribution in [3.63, 3.8) is 0 Å². The molecule has 0 aliphatic rings. The fraction of sp³-hybridized carbons (Fsp3) is 0.0870. The largest absolute Gasteiger partial charge is 0.497 e. The number of halogens is 1. The van der Waals surface area contributed by atoms with E-state index in [9.17, 15) is 9.59 Å². The molecule has 0 spiro atoms. The first kappa shape index (κ1) is 21.0. The molecule has 0 aliphatic carbocycles. The average Bonchev–Trinajstić information content (AvgIpc) is 2.79. The number of aromatic nitrogens is 2. The molecule has 0 saturated heterocycles. The van der Waals surface area contributed by atoms with E-state index >= 15 is 0 Å². The molecule has 1 N–H and O–H groups in total. The number of thioether (sulfide) groups is 1. The van der Waals surface area contributed by atoms with E-state index in [0.29, 0.717) is 38.2 Å². The highest BCUT2D eigenvalue weighted by Gasteiger charge is 2.15. The lowest BCUT2D eigenvalue weighted by atomic mass is 10.2. The zero-order valence-corrected chi connectivity index (χ0v) is 18.1. The Kier molecular flexibility index (Phi) is 6.25. The fourth-order valence-corrected chi connectivity index (χ4v) is 3.99. The SMILES string of the molecule is COc1cccc(-n2c(SCC(=O)Nc3ccc(Cl)cc3)nc3ccccc3c2=O)c1. The molecule has 0 unspecified atom stereocenters. The van der Waals surface area contributed by atoms with Gasteiger partial charge in [-0.15, -0.1) is 0 Å². The quantitative estimate of drug-likeness (QED) is 0.337. The fourth-order valence-electron chi connectivity index (χ4n) is 3.05. The molecule has 8 heteroatoms. The Morgan fingerprint density at radius 1 is 1.10 bits per heavy atom. The maximum absolute atomic E-state index is 13.3. The van der Waals surface area contributed by atoms with Gasteiger partial charge in [-0.3, -0.25) is 14.2 Å². The number of methoxy groups -OCH3 is 1. The van der Waals surface area contributed by atoms with Crippen molar-refractivity contribution in [3.8, 4) is 11.4 Å². The van der Waals surface area contributed by atoms with E-state index in [0.717, 1.165) is 0 Å². The van der Waals surface area contributed by atoms with Gasteiger partial charge in [0, 0.05) is 16.8 Å². The number of benzene rings is 3. The van der Waals surface area contributed by atoms with Gasteiger partial charge in [-0.2, -0.15) is 0 Å². The van der Waals surface area contributed by atoms with Crippen LogP contribution in [0, 0.1) is 0 Å². The van der Waals surface area contributed by atoms with Crippen LogP contribution in [0.2, 0.25) is 5.02 Å². The second-order valence-corrected chi connectivity index (χ2v) is 7.98.